The zero-order chi connectivity index (χ0) is 17.2. The molecular weight excluding hydrogens is 294 g/mol. The smallest absolute Gasteiger partial charge is 0.410 e. The predicted octanol–water partition coefficient (Wildman–Crippen LogP) is 3.71. The minimum atomic E-state index is -0.459. The summed E-state index contributed by atoms with van der Waals surface area (Å²) in [6.45, 7) is 3.82. The van der Waals surface area contributed by atoms with Crippen molar-refractivity contribution in [3.63, 3.8) is 0 Å². The molecule has 0 aromatic heterocycles. The van der Waals surface area contributed by atoms with E-state index in [0.29, 0.717) is 6.42 Å². The lowest BCUT2D eigenvalue weighted by molar-refractivity contribution is -0.142. The minimum Gasteiger partial charge on any atom is -0.469 e. The quantitative estimate of drug-likeness (QED) is 0.568. The molecule has 0 aliphatic heterocycles. The lowest BCUT2D eigenvalue weighted by atomic mass is 10.0. The molecule has 5 nitrogen and oxygen atoms in total. The van der Waals surface area contributed by atoms with E-state index in [2.05, 4.69) is 0 Å². The lowest BCUT2D eigenvalue weighted by Gasteiger charge is -2.34. The van der Waals surface area contributed by atoms with Gasteiger partial charge >= 0.3 is 12.1 Å². The maximum Gasteiger partial charge on any atom is 0.410 e. The number of esters is 1. The van der Waals surface area contributed by atoms with Gasteiger partial charge in [0.2, 0.25) is 0 Å². The van der Waals surface area contributed by atoms with E-state index in [1.165, 1.54) is 14.2 Å². The third kappa shape index (κ3) is 5.43. The summed E-state index contributed by atoms with van der Waals surface area (Å²) in [7, 11) is 2.69. The van der Waals surface area contributed by atoms with Crippen LogP contribution in [-0.4, -0.2) is 37.2 Å². The molecule has 0 fully saturated rings. The topological polar surface area (TPSA) is 55.8 Å². The maximum absolute atomic E-state index is 12.3. The molecule has 126 valence electrons. The lowest BCUT2D eigenvalue weighted by Crippen LogP contribution is -2.43. The Labute approximate surface area is 137 Å². The molecule has 0 unspecified atom stereocenters. The summed E-state index contributed by atoms with van der Waals surface area (Å²) in [6.07, 6.45) is 4.04. The Morgan fingerprint density at radius 2 is 1.83 bits per heavy atom. The molecule has 1 rings (SSSR count). The summed E-state index contributed by atoms with van der Waals surface area (Å²) in [5, 5.41) is 0. The second-order valence-corrected chi connectivity index (χ2v) is 5.20. The number of hydrogen-bond donors (Lipinski definition) is 0. The van der Waals surface area contributed by atoms with Gasteiger partial charge in [0.05, 0.1) is 26.7 Å². The van der Waals surface area contributed by atoms with E-state index in [-0.39, 0.29) is 24.5 Å². The molecule has 1 aromatic carbocycles. The van der Waals surface area contributed by atoms with Crippen LogP contribution in [0.5, 0.6) is 0 Å². The summed E-state index contributed by atoms with van der Waals surface area (Å²) < 4.78 is 9.71. The van der Waals surface area contributed by atoms with Crippen LogP contribution in [0.25, 0.3) is 0 Å². The van der Waals surface area contributed by atoms with Gasteiger partial charge in [-0.25, -0.2) is 4.79 Å². The van der Waals surface area contributed by atoms with E-state index >= 15 is 0 Å². The summed E-state index contributed by atoms with van der Waals surface area (Å²) in [6, 6.07) is 9.11. The molecular formula is C18H25NO4. The van der Waals surface area contributed by atoms with Crippen LogP contribution in [0.1, 0.15) is 38.3 Å². The molecule has 1 aromatic rings. The summed E-state index contributed by atoms with van der Waals surface area (Å²) in [5.74, 6) is -0.353. The fourth-order valence-electron chi connectivity index (χ4n) is 2.49. The Kier molecular flexibility index (Phi) is 7.88. The molecule has 2 atom stereocenters. The molecule has 0 saturated carbocycles. The molecule has 0 N–H and O–H groups in total. The van der Waals surface area contributed by atoms with Crippen molar-refractivity contribution in [3.05, 3.63) is 48.0 Å². The number of ether oxygens (including phenoxy) is 2. The number of hydrogen-bond acceptors (Lipinski definition) is 4. The number of allylic oxidation sites excluding steroid dienone is 1. The van der Waals surface area contributed by atoms with Crippen LogP contribution >= 0.6 is 0 Å². The van der Waals surface area contributed by atoms with E-state index in [1.54, 1.807) is 4.90 Å². The number of carbonyl (C=O) groups is 2. The molecule has 0 bridgehead atoms. The van der Waals surface area contributed by atoms with Crippen LogP contribution in [0, 0.1) is 0 Å². The Morgan fingerprint density at radius 1 is 1.17 bits per heavy atom. The molecule has 0 aliphatic rings. The van der Waals surface area contributed by atoms with Crippen molar-refractivity contribution in [2.24, 2.45) is 0 Å². The van der Waals surface area contributed by atoms with E-state index in [1.807, 2.05) is 56.3 Å². The van der Waals surface area contributed by atoms with Crippen LogP contribution in [0.2, 0.25) is 0 Å². The van der Waals surface area contributed by atoms with E-state index < -0.39 is 6.09 Å². The number of rotatable bonds is 7. The normalized spacial score (nSPS) is 13.4. The second-order valence-electron chi connectivity index (χ2n) is 5.20. The molecule has 0 spiro atoms. The van der Waals surface area contributed by atoms with Gasteiger partial charge in [0, 0.05) is 6.04 Å². The molecule has 0 radical (unpaired) electrons. The van der Waals surface area contributed by atoms with Gasteiger partial charge < -0.3 is 9.47 Å². The third-order valence-electron chi connectivity index (χ3n) is 3.75. The van der Waals surface area contributed by atoms with Crippen molar-refractivity contribution in [3.8, 4) is 0 Å². The molecule has 0 aliphatic carbocycles. The SMILES string of the molecule is C/C=C/C[C@H](CC(=O)OC)N(C(=O)OC)[C@H](C)c1ccccc1. The first-order valence-electron chi connectivity index (χ1n) is 7.64. The average Bonchev–Trinajstić information content (AvgIpc) is 2.59. The largest absolute Gasteiger partial charge is 0.469 e. The Balaban J connectivity index is 3.12. The van der Waals surface area contributed by atoms with Crippen molar-refractivity contribution in [1.29, 1.82) is 0 Å². The standard InChI is InChI=1S/C18H25NO4/c1-5-6-12-16(13-17(20)22-3)19(18(21)23-4)14(2)15-10-8-7-9-11-15/h5-11,14,16H,12-13H2,1-4H3/b6-5+/t14-,16-/m1/s1. The van der Waals surface area contributed by atoms with Crippen LogP contribution in [0.4, 0.5) is 4.79 Å². The molecule has 23 heavy (non-hydrogen) atoms. The van der Waals surface area contributed by atoms with Gasteiger partial charge in [0.1, 0.15) is 0 Å². The van der Waals surface area contributed by atoms with Crippen molar-refractivity contribution in [1.82, 2.24) is 4.90 Å². The van der Waals surface area contributed by atoms with Crippen molar-refractivity contribution in [2.45, 2.75) is 38.8 Å². The monoisotopic (exact) mass is 319 g/mol. The highest BCUT2D eigenvalue weighted by Gasteiger charge is 2.31. The predicted molar refractivity (Wildman–Crippen MR) is 89.0 cm³/mol. The fourth-order valence-corrected chi connectivity index (χ4v) is 2.49. The van der Waals surface area contributed by atoms with Crippen molar-refractivity contribution >= 4 is 12.1 Å². The van der Waals surface area contributed by atoms with E-state index in [9.17, 15) is 9.59 Å². The van der Waals surface area contributed by atoms with Crippen LogP contribution in [-0.2, 0) is 14.3 Å². The molecule has 1 amide bonds. The van der Waals surface area contributed by atoms with Gasteiger partial charge in [-0.2, -0.15) is 0 Å². The van der Waals surface area contributed by atoms with Crippen LogP contribution < -0.4 is 0 Å². The molecule has 0 saturated heterocycles. The number of nitrogens with zero attached hydrogens (tertiary/aromatic N) is 1. The zero-order valence-electron chi connectivity index (χ0n) is 14.2. The Hall–Kier alpha value is -2.30. The first-order valence-corrected chi connectivity index (χ1v) is 7.64. The van der Waals surface area contributed by atoms with E-state index in [4.69, 9.17) is 9.47 Å². The Morgan fingerprint density at radius 3 is 2.35 bits per heavy atom. The highest BCUT2D eigenvalue weighted by atomic mass is 16.5. The van der Waals surface area contributed by atoms with Gasteiger partial charge in [-0.1, -0.05) is 42.5 Å². The van der Waals surface area contributed by atoms with Gasteiger partial charge in [-0.05, 0) is 25.8 Å². The van der Waals surface area contributed by atoms with Crippen molar-refractivity contribution < 1.29 is 19.1 Å². The average molecular weight is 319 g/mol. The third-order valence-corrected chi connectivity index (χ3v) is 3.75. The van der Waals surface area contributed by atoms with Gasteiger partial charge in [-0.15, -0.1) is 0 Å². The number of benzene rings is 1. The summed E-state index contributed by atoms with van der Waals surface area (Å²) in [4.78, 5) is 25.7. The molecule has 0 heterocycles. The minimum absolute atomic E-state index is 0.118. The van der Waals surface area contributed by atoms with Gasteiger partial charge in [0.15, 0.2) is 0 Å². The zero-order valence-corrected chi connectivity index (χ0v) is 14.2. The van der Waals surface area contributed by atoms with Crippen LogP contribution in [0.3, 0.4) is 0 Å². The second kappa shape index (κ2) is 9.66. The summed E-state index contributed by atoms with van der Waals surface area (Å²) in [5.41, 5.74) is 0.980. The first kappa shape index (κ1) is 18.7. The number of methoxy groups -OCH3 is 2. The highest BCUT2D eigenvalue weighted by molar-refractivity contribution is 5.73. The van der Waals surface area contributed by atoms with Gasteiger partial charge in [0.25, 0.3) is 0 Å². The van der Waals surface area contributed by atoms with Crippen LogP contribution in [0.15, 0.2) is 42.5 Å². The highest BCUT2D eigenvalue weighted by Crippen LogP contribution is 2.26. The maximum atomic E-state index is 12.3. The number of carbonyl (C=O) groups excluding carboxylic acids is 2. The number of amides is 1. The van der Waals surface area contributed by atoms with E-state index in [0.717, 1.165) is 5.56 Å². The molecule has 5 heteroatoms. The summed E-state index contributed by atoms with van der Waals surface area (Å²) >= 11 is 0. The van der Waals surface area contributed by atoms with Gasteiger partial charge in [-0.3, -0.25) is 9.69 Å². The van der Waals surface area contributed by atoms with Crippen molar-refractivity contribution in [2.75, 3.05) is 14.2 Å². The first-order chi connectivity index (χ1) is 11.0. The Bertz CT molecular complexity index is 527. The fraction of sp³-hybridized carbons (Fsp3) is 0.444.